The Morgan fingerprint density at radius 3 is 2.57 bits per heavy atom. The van der Waals surface area contributed by atoms with Crippen molar-refractivity contribution in [3.05, 3.63) is 35.4 Å². The Kier molecular flexibility index (Phi) is 6.97. The van der Waals surface area contributed by atoms with Gasteiger partial charge in [-0.05, 0) is 39.2 Å². The fraction of sp³-hybridized carbons (Fsp3) is 0.588. The zero-order valence-corrected chi connectivity index (χ0v) is 15.7. The molecule has 1 fully saturated rings. The van der Waals surface area contributed by atoms with Crippen molar-refractivity contribution in [1.82, 2.24) is 5.32 Å². The predicted molar refractivity (Wildman–Crippen MR) is 102 cm³/mol. The Hall–Kier alpha value is -0.780. The van der Waals surface area contributed by atoms with Gasteiger partial charge in [-0.15, -0.1) is 24.0 Å². The van der Waals surface area contributed by atoms with Crippen LogP contribution >= 0.6 is 24.0 Å². The molecule has 0 radical (unpaired) electrons. The van der Waals surface area contributed by atoms with Gasteiger partial charge in [-0.1, -0.05) is 42.7 Å². The van der Waals surface area contributed by atoms with E-state index < -0.39 is 0 Å². The first kappa shape index (κ1) is 18.3. The van der Waals surface area contributed by atoms with Crippen LogP contribution in [0.3, 0.4) is 0 Å². The Morgan fingerprint density at radius 1 is 1.33 bits per heavy atom. The highest BCUT2D eigenvalue weighted by molar-refractivity contribution is 14.0. The topological polar surface area (TPSA) is 50.4 Å². The van der Waals surface area contributed by atoms with Crippen LogP contribution in [-0.4, -0.2) is 18.5 Å². The molecular weight excluding hydrogens is 373 g/mol. The summed E-state index contributed by atoms with van der Waals surface area (Å²) < 4.78 is 0. The van der Waals surface area contributed by atoms with Gasteiger partial charge >= 0.3 is 0 Å². The number of nitrogens with two attached hydrogens (primary N) is 1. The van der Waals surface area contributed by atoms with E-state index in [4.69, 9.17) is 5.73 Å². The van der Waals surface area contributed by atoms with Gasteiger partial charge in [0.2, 0.25) is 0 Å². The van der Waals surface area contributed by atoms with E-state index in [0.29, 0.717) is 12.0 Å². The van der Waals surface area contributed by atoms with E-state index in [9.17, 15) is 0 Å². The number of aryl methyl sites for hydroxylation is 1. The van der Waals surface area contributed by atoms with Gasteiger partial charge in [0.15, 0.2) is 5.96 Å². The standard InChI is InChI=1S/C17H27N3.HI/c1-13(2)20-16(18)19-12-17(9-4-5-10-17)15-8-6-7-14(3)11-15;/h6-8,11,13H,4-5,9-10,12H2,1-3H3,(H3,18,19,20);1H. The SMILES string of the molecule is Cc1cccc(C2(CN=C(N)NC(C)C)CCCC2)c1.I. The van der Waals surface area contributed by atoms with Crippen LogP contribution in [0.4, 0.5) is 0 Å². The molecule has 2 rings (SSSR count). The third-order valence-electron chi connectivity index (χ3n) is 4.18. The molecule has 0 aromatic heterocycles. The van der Waals surface area contributed by atoms with Gasteiger partial charge in [-0.2, -0.15) is 0 Å². The first-order valence-corrected chi connectivity index (χ1v) is 7.65. The summed E-state index contributed by atoms with van der Waals surface area (Å²) in [5, 5.41) is 3.17. The third-order valence-corrected chi connectivity index (χ3v) is 4.18. The second kappa shape index (κ2) is 8.01. The van der Waals surface area contributed by atoms with Crippen molar-refractivity contribution in [2.75, 3.05) is 6.54 Å². The van der Waals surface area contributed by atoms with Crippen molar-refractivity contribution in [3.8, 4) is 0 Å². The Balaban J connectivity index is 0.00000220. The van der Waals surface area contributed by atoms with E-state index in [1.165, 1.54) is 36.8 Å². The number of nitrogens with one attached hydrogen (secondary N) is 1. The Bertz CT molecular complexity index is 477. The molecule has 21 heavy (non-hydrogen) atoms. The fourth-order valence-electron chi connectivity index (χ4n) is 3.14. The van der Waals surface area contributed by atoms with Crippen LogP contribution in [0.25, 0.3) is 0 Å². The van der Waals surface area contributed by atoms with Gasteiger partial charge in [0.25, 0.3) is 0 Å². The Morgan fingerprint density at radius 2 is 2.00 bits per heavy atom. The minimum absolute atomic E-state index is 0. The molecular formula is C17H28IN3. The van der Waals surface area contributed by atoms with E-state index in [1.807, 2.05) is 0 Å². The summed E-state index contributed by atoms with van der Waals surface area (Å²) in [6.07, 6.45) is 5.02. The highest BCUT2D eigenvalue weighted by Gasteiger charge is 2.35. The highest BCUT2D eigenvalue weighted by Crippen LogP contribution is 2.41. The van der Waals surface area contributed by atoms with E-state index in [0.717, 1.165) is 6.54 Å². The molecule has 0 unspecified atom stereocenters. The minimum Gasteiger partial charge on any atom is -0.370 e. The molecule has 1 saturated carbocycles. The largest absolute Gasteiger partial charge is 0.370 e. The lowest BCUT2D eigenvalue weighted by Crippen LogP contribution is -2.38. The third kappa shape index (κ3) is 4.87. The molecule has 0 bridgehead atoms. The maximum Gasteiger partial charge on any atom is 0.188 e. The highest BCUT2D eigenvalue weighted by atomic mass is 127. The van der Waals surface area contributed by atoms with Gasteiger partial charge in [0.05, 0.1) is 6.54 Å². The molecule has 0 aliphatic heterocycles. The second-order valence-corrected chi connectivity index (χ2v) is 6.36. The Labute approximate surface area is 145 Å². The van der Waals surface area contributed by atoms with Crippen molar-refractivity contribution in [2.45, 2.75) is 57.9 Å². The van der Waals surface area contributed by atoms with E-state index in [2.05, 4.69) is 55.3 Å². The zero-order valence-electron chi connectivity index (χ0n) is 13.4. The lowest BCUT2D eigenvalue weighted by molar-refractivity contribution is 0.452. The maximum absolute atomic E-state index is 5.96. The number of aliphatic imine (C=N–C) groups is 1. The average Bonchev–Trinajstić information content (AvgIpc) is 2.86. The number of rotatable bonds is 4. The molecule has 4 heteroatoms. The lowest BCUT2D eigenvalue weighted by Gasteiger charge is -2.28. The minimum atomic E-state index is 0. The van der Waals surface area contributed by atoms with Gasteiger partial charge in [0.1, 0.15) is 0 Å². The van der Waals surface area contributed by atoms with Crippen molar-refractivity contribution < 1.29 is 0 Å². The molecule has 0 amide bonds. The van der Waals surface area contributed by atoms with Gasteiger partial charge in [-0.25, -0.2) is 0 Å². The van der Waals surface area contributed by atoms with Crippen LogP contribution in [0.5, 0.6) is 0 Å². The molecule has 1 aliphatic carbocycles. The summed E-state index contributed by atoms with van der Waals surface area (Å²) in [4.78, 5) is 4.61. The van der Waals surface area contributed by atoms with Crippen LogP contribution in [0.15, 0.2) is 29.3 Å². The molecule has 1 aromatic carbocycles. The van der Waals surface area contributed by atoms with E-state index in [1.54, 1.807) is 0 Å². The molecule has 1 aromatic rings. The number of benzene rings is 1. The molecule has 0 saturated heterocycles. The van der Waals surface area contributed by atoms with Gasteiger partial charge in [-0.3, -0.25) is 4.99 Å². The van der Waals surface area contributed by atoms with Crippen molar-refractivity contribution in [2.24, 2.45) is 10.7 Å². The quantitative estimate of drug-likeness (QED) is 0.459. The molecule has 3 nitrogen and oxygen atoms in total. The summed E-state index contributed by atoms with van der Waals surface area (Å²) in [5.74, 6) is 0.568. The number of hydrogen-bond donors (Lipinski definition) is 2. The van der Waals surface area contributed by atoms with Crippen molar-refractivity contribution in [3.63, 3.8) is 0 Å². The summed E-state index contributed by atoms with van der Waals surface area (Å²) >= 11 is 0. The first-order chi connectivity index (χ1) is 9.52. The monoisotopic (exact) mass is 401 g/mol. The van der Waals surface area contributed by atoms with Gasteiger partial charge in [0, 0.05) is 11.5 Å². The number of halogens is 1. The van der Waals surface area contributed by atoms with Crippen molar-refractivity contribution in [1.29, 1.82) is 0 Å². The average molecular weight is 401 g/mol. The van der Waals surface area contributed by atoms with Crippen LogP contribution < -0.4 is 11.1 Å². The molecule has 0 heterocycles. The lowest BCUT2D eigenvalue weighted by atomic mass is 9.78. The summed E-state index contributed by atoms with van der Waals surface area (Å²) in [6, 6.07) is 9.21. The molecule has 1 aliphatic rings. The summed E-state index contributed by atoms with van der Waals surface area (Å²) in [7, 11) is 0. The van der Waals surface area contributed by atoms with Crippen LogP contribution in [0, 0.1) is 6.92 Å². The molecule has 3 N–H and O–H groups in total. The van der Waals surface area contributed by atoms with Gasteiger partial charge < -0.3 is 11.1 Å². The smallest absolute Gasteiger partial charge is 0.188 e. The number of nitrogens with zero attached hydrogens (tertiary/aromatic N) is 1. The summed E-state index contributed by atoms with van der Waals surface area (Å²) in [6.45, 7) is 7.11. The molecule has 0 atom stereocenters. The van der Waals surface area contributed by atoms with E-state index in [-0.39, 0.29) is 29.4 Å². The molecule has 118 valence electrons. The number of guanidine groups is 1. The summed E-state index contributed by atoms with van der Waals surface area (Å²) in [5.41, 5.74) is 8.90. The fourth-order valence-corrected chi connectivity index (χ4v) is 3.14. The molecule has 0 spiro atoms. The first-order valence-electron chi connectivity index (χ1n) is 7.65. The second-order valence-electron chi connectivity index (χ2n) is 6.36. The van der Waals surface area contributed by atoms with Crippen molar-refractivity contribution >= 4 is 29.9 Å². The van der Waals surface area contributed by atoms with Crippen LogP contribution in [-0.2, 0) is 5.41 Å². The van der Waals surface area contributed by atoms with E-state index >= 15 is 0 Å². The maximum atomic E-state index is 5.96. The van der Waals surface area contributed by atoms with Crippen LogP contribution in [0.1, 0.15) is 50.7 Å². The number of hydrogen-bond acceptors (Lipinski definition) is 1. The van der Waals surface area contributed by atoms with Crippen LogP contribution in [0.2, 0.25) is 0 Å². The normalized spacial score (nSPS) is 17.6. The predicted octanol–water partition coefficient (Wildman–Crippen LogP) is 3.74. The zero-order chi connectivity index (χ0) is 14.6.